The van der Waals surface area contributed by atoms with Crippen molar-refractivity contribution in [2.45, 2.75) is 37.8 Å². The quantitative estimate of drug-likeness (QED) is 0.733. The van der Waals surface area contributed by atoms with Gasteiger partial charge in [-0.05, 0) is 62.6 Å². The van der Waals surface area contributed by atoms with Gasteiger partial charge in [0.15, 0.2) is 5.82 Å². The molecule has 1 N–H and O–H groups in total. The Morgan fingerprint density at radius 1 is 1.04 bits per heavy atom. The standard InChI is InChI=1S/C22H25N5O/c1-28-18-8-4-15(5-9-18)21-19-10-11-23-13-20(19)22(26-25-21)24-16-3-2-12-27(14-16)17-6-7-17/h4-5,8-11,13,16-17H,2-3,6-7,12,14H2,1H3,(H,24,26)/t16-/m1/s1. The Kier molecular flexibility index (Phi) is 4.56. The second-order valence-electron chi connectivity index (χ2n) is 7.76. The van der Waals surface area contributed by atoms with E-state index in [0.717, 1.165) is 46.2 Å². The Hall–Kier alpha value is -2.73. The first-order chi connectivity index (χ1) is 13.8. The van der Waals surface area contributed by atoms with E-state index in [1.54, 1.807) is 7.11 Å². The third-order valence-electron chi connectivity index (χ3n) is 5.80. The molecular formula is C22H25N5O. The molecule has 5 rings (SSSR count). The Morgan fingerprint density at radius 2 is 1.89 bits per heavy atom. The topological polar surface area (TPSA) is 63.2 Å². The molecular weight excluding hydrogens is 350 g/mol. The number of benzene rings is 1. The van der Waals surface area contributed by atoms with Crippen LogP contribution in [0.4, 0.5) is 5.82 Å². The van der Waals surface area contributed by atoms with Gasteiger partial charge in [-0.3, -0.25) is 9.88 Å². The Morgan fingerprint density at radius 3 is 2.68 bits per heavy atom. The van der Waals surface area contributed by atoms with Crippen LogP contribution in [0.2, 0.25) is 0 Å². The second-order valence-corrected chi connectivity index (χ2v) is 7.76. The van der Waals surface area contributed by atoms with Crippen LogP contribution in [0.3, 0.4) is 0 Å². The van der Waals surface area contributed by atoms with Crippen LogP contribution in [-0.4, -0.2) is 52.4 Å². The molecule has 0 amide bonds. The van der Waals surface area contributed by atoms with Crippen molar-refractivity contribution in [2.75, 3.05) is 25.5 Å². The number of methoxy groups -OCH3 is 1. The van der Waals surface area contributed by atoms with Gasteiger partial charge in [-0.2, -0.15) is 0 Å². The van der Waals surface area contributed by atoms with Crippen molar-refractivity contribution in [3.8, 4) is 17.0 Å². The van der Waals surface area contributed by atoms with Crippen LogP contribution in [0.15, 0.2) is 42.7 Å². The summed E-state index contributed by atoms with van der Waals surface area (Å²) in [5, 5.41) is 14.9. The van der Waals surface area contributed by atoms with Crippen LogP contribution in [0, 0.1) is 0 Å². The largest absolute Gasteiger partial charge is 0.497 e. The predicted octanol–water partition coefficient (Wildman–Crippen LogP) is 3.74. The highest BCUT2D eigenvalue weighted by Gasteiger charge is 2.32. The van der Waals surface area contributed by atoms with E-state index in [-0.39, 0.29) is 0 Å². The smallest absolute Gasteiger partial charge is 0.158 e. The molecule has 1 aliphatic carbocycles. The molecule has 3 heterocycles. The number of aromatic nitrogens is 3. The van der Waals surface area contributed by atoms with Gasteiger partial charge in [-0.1, -0.05) is 0 Å². The third kappa shape index (κ3) is 3.40. The van der Waals surface area contributed by atoms with E-state index in [1.165, 1.54) is 32.2 Å². The van der Waals surface area contributed by atoms with Crippen molar-refractivity contribution in [3.05, 3.63) is 42.7 Å². The number of hydrogen-bond donors (Lipinski definition) is 1. The van der Waals surface area contributed by atoms with Crippen LogP contribution < -0.4 is 10.1 Å². The van der Waals surface area contributed by atoms with E-state index in [4.69, 9.17) is 4.74 Å². The average Bonchev–Trinajstić information content (AvgIpc) is 3.60. The van der Waals surface area contributed by atoms with Gasteiger partial charge >= 0.3 is 0 Å². The maximum atomic E-state index is 5.27. The number of anilines is 1. The molecule has 6 nitrogen and oxygen atoms in total. The molecule has 0 bridgehead atoms. The monoisotopic (exact) mass is 375 g/mol. The SMILES string of the molecule is COc1ccc(-c2nnc(N[C@@H]3CCCN(C4CC4)C3)c3cnccc23)cc1. The maximum Gasteiger partial charge on any atom is 0.158 e. The highest BCUT2D eigenvalue weighted by atomic mass is 16.5. The Balaban J connectivity index is 1.45. The van der Waals surface area contributed by atoms with Gasteiger partial charge in [-0.15, -0.1) is 10.2 Å². The Labute approximate surface area is 164 Å². The van der Waals surface area contributed by atoms with E-state index in [0.29, 0.717) is 6.04 Å². The fraction of sp³-hybridized carbons (Fsp3) is 0.409. The van der Waals surface area contributed by atoms with E-state index in [2.05, 4.69) is 25.4 Å². The fourth-order valence-corrected chi connectivity index (χ4v) is 4.16. The zero-order valence-corrected chi connectivity index (χ0v) is 16.1. The van der Waals surface area contributed by atoms with Crippen molar-refractivity contribution in [1.29, 1.82) is 0 Å². The molecule has 1 aromatic carbocycles. The van der Waals surface area contributed by atoms with E-state index in [1.807, 2.05) is 42.7 Å². The van der Waals surface area contributed by atoms with E-state index in [9.17, 15) is 0 Å². The summed E-state index contributed by atoms with van der Waals surface area (Å²) in [6.07, 6.45) is 8.83. The molecule has 1 saturated heterocycles. The Bertz CT molecular complexity index is 970. The number of hydrogen-bond acceptors (Lipinski definition) is 6. The van der Waals surface area contributed by atoms with Crippen molar-refractivity contribution in [1.82, 2.24) is 20.1 Å². The number of fused-ring (bicyclic) bond motifs is 1. The van der Waals surface area contributed by atoms with Gasteiger partial charge in [-0.25, -0.2) is 0 Å². The molecule has 144 valence electrons. The summed E-state index contributed by atoms with van der Waals surface area (Å²) in [6.45, 7) is 2.32. The summed E-state index contributed by atoms with van der Waals surface area (Å²) < 4.78 is 5.27. The zero-order valence-electron chi connectivity index (χ0n) is 16.1. The minimum Gasteiger partial charge on any atom is -0.497 e. The van der Waals surface area contributed by atoms with Gasteiger partial charge < -0.3 is 10.1 Å². The molecule has 0 spiro atoms. The molecule has 6 heteroatoms. The van der Waals surface area contributed by atoms with Crippen LogP contribution in [0.5, 0.6) is 5.75 Å². The minimum absolute atomic E-state index is 0.416. The number of piperidine rings is 1. The summed E-state index contributed by atoms with van der Waals surface area (Å²) >= 11 is 0. The number of likely N-dealkylation sites (tertiary alicyclic amines) is 1. The van der Waals surface area contributed by atoms with Crippen LogP contribution in [-0.2, 0) is 0 Å². The lowest BCUT2D eigenvalue weighted by molar-refractivity contribution is 0.207. The molecule has 2 aliphatic rings. The van der Waals surface area contributed by atoms with Gasteiger partial charge in [0, 0.05) is 47.4 Å². The lowest BCUT2D eigenvalue weighted by Gasteiger charge is -2.33. The van der Waals surface area contributed by atoms with Crippen LogP contribution in [0.1, 0.15) is 25.7 Å². The van der Waals surface area contributed by atoms with Crippen molar-refractivity contribution >= 4 is 16.6 Å². The van der Waals surface area contributed by atoms with Gasteiger partial charge in [0.25, 0.3) is 0 Å². The van der Waals surface area contributed by atoms with Crippen molar-refractivity contribution in [2.24, 2.45) is 0 Å². The molecule has 3 aromatic rings. The first-order valence-electron chi connectivity index (χ1n) is 10.1. The van der Waals surface area contributed by atoms with E-state index >= 15 is 0 Å². The molecule has 1 atom stereocenters. The van der Waals surface area contributed by atoms with Crippen molar-refractivity contribution < 1.29 is 4.74 Å². The third-order valence-corrected chi connectivity index (χ3v) is 5.80. The van der Waals surface area contributed by atoms with E-state index < -0.39 is 0 Å². The summed E-state index contributed by atoms with van der Waals surface area (Å²) in [7, 11) is 1.67. The molecule has 28 heavy (non-hydrogen) atoms. The average molecular weight is 375 g/mol. The molecule has 2 fully saturated rings. The fourth-order valence-electron chi connectivity index (χ4n) is 4.16. The van der Waals surface area contributed by atoms with Crippen molar-refractivity contribution in [3.63, 3.8) is 0 Å². The van der Waals surface area contributed by atoms with Crippen LogP contribution in [0.25, 0.3) is 22.0 Å². The highest BCUT2D eigenvalue weighted by Crippen LogP contribution is 2.32. The van der Waals surface area contributed by atoms with Crippen LogP contribution >= 0.6 is 0 Å². The van der Waals surface area contributed by atoms with Gasteiger partial charge in [0.1, 0.15) is 11.4 Å². The predicted molar refractivity (Wildman–Crippen MR) is 111 cm³/mol. The summed E-state index contributed by atoms with van der Waals surface area (Å²) in [5.41, 5.74) is 1.89. The molecule has 1 saturated carbocycles. The van der Waals surface area contributed by atoms with Gasteiger partial charge in [0.2, 0.25) is 0 Å². The number of rotatable bonds is 5. The lowest BCUT2D eigenvalue weighted by atomic mass is 10.0. The maximum absolute atomic E-state index is 5.27. The zero-order chi connectivity index (χ0) is 18.9. The number of nitrogens with zero attached hydrogens (tertiary/aromatic N) is 4. The molecule has 2 aromatic heterocycles. The minimum atomic E-state index is 0.416. The number of nitrogens with one attached hydrogen (secondary N) is 1. The number of ether oxygens (including phenoxy) is 1. The first kappa shape index (κ1) is 17.4. The summed E-state index contributed by atoms with van der Waals surface area (Å²) in [6, 6.07) is 11.2. The van der Waals surface area contributed by atoms with Gasteiger partial charge in [0.05, 0.1) is 7.11 Å². The highest BCUT2D eigenvalue weighted by molar-refractivity contribution is 5.99. The molecule has 1 aliphatic heterocycles. The normalized spacial score (nSPS) is 20.2. The number of pyridine rings is 1. The lowest BCUT2D eigenvalue weighted by Crippen LogP contribution is -2.43. The molecule has 0 radical (unpaired) electrons. The molecule has 0 unspecified atom stereocenters. The summed E-state index contributed by atoms with van der Waals surface area (Å²) in [4.78, 5) is 6.97. The summed E-state index contributed by atoms with van der Waals surface area (Å²) in [5.74, 6) is 1.67. The second kappa shape index (κ2) is 7.36. The first-order valence-corrected chi connectivity index (χ1v) is 10.1.